The summed E-state index contributed by atoms with van der Waals surface area (Å²) in [5.41, 5.74) is 0.477. The molecule has 5 nitrogen and oxygen atoms in total. The first-order valence-electron chi connectivity index (χ1n) is 5.94. The van der Waals surface area contributed by atoms with Crippen molar-refractivity contribution in [2.45, 2.75) is 33.3 Å². The minimum absolute atomic E-state index is 0.0708. The summed E-state index contributed by atoms with van der Waals surface area (Å²) < 4.78 is 5.35. The molecule has 0 aliphatic rings. The standard InChI is InChI=1S/C13H17Cl2N3O2/c1-8(2)7-18(12(19)20-13(3,4)5)9-6-10(14)16-17-11(9)15/h6H,1,7H2,2-5H3. The highest BCUT2D eigenvalue weighted by Gasteiger charge is 2.25. The van der Waals surface area contributed by atoms with Crippen molar-refractivity contribution >= 4 is 35.0 Å². The number of carbonyl (C=O) groups is 1. The van der Waals surface area contributed by atoms with Gasteiger partial charge in [-0.3, -0.25) is 4.90 Å². The van der Waals surface area contributed by atoms with E-state index in [-0.39, 0.29) is 16.9 Å². The van der Waals surface area contributed by atoms with Crippen molar-refractivity contribution < 1.29 is 9.53 Å². The van der Waals surface area contributed by atoms with Gasteiger partial charge in [-0.15, -0.1) is 10.2 Å². The average molecular weight is 318 g/mol. The van der Waals surface area contributed by atoms with E-state index in [1.54, 1.807) is 27.7 Å². The molecule has 0 aromatic carbocycles. The van der Waals surface area contributed by atoms with Crippen LogP contribution in [0.15, 0.2) is 18.2 Å². The molecule has 1 heterocycles. The van der Waals surface area contributed by atoms with Crippen molar-refractivity contribution in [2.75, 3.05) is 11.4 Å². The number of rotatable bonds is 3. The van der Waals surface area contributed by atoms with E-state index >= 15 is 0 Å². The molecule has 0 radical (unpaired) electrons. The van der Waals surface area contributed by atoms with Crippen LogP contribution in [0.25, 0.3) is 0 Å². The summed E-state index contributed by atoms with van der Waals surface area (Å²) in [5.74, 6) is 0. The Morgan fingerprint density at radius 3 is 2.50 bits per heavy atom. The molecule has 0 fully saturated rings. The number of carbonyl (C=O) groups excluding carboxylic acids is 1. The number of hydrogen-bond donors (Lipinski definition) is 0. The molecule has 0 saturated carbocycles. The Morgan fingerprint density at radius 1 is 1.40 bits per heavy atom. The number of ether oxygens (including phenoxy) is 1. The van der Waals surface area contributed by atoms with Gasteiger partial charge >= 0.3 is 6.09 Å². The highest BCUT2D eigenvalue weighted by molar-refractivity contribution is 6.34. The summed E-state index contributed by atoms with van der Waals surface area (Å²) in [6, 6.07) is 1.46. The van der Waals surface area contributed by atoms with Crippen LogP contribution in [-0.4, -0.2) is 28.4 Å². The molecule has 1 amide bonds. The Labute approximate surface area is 128 Å². The van der Waals surface area contributed by atoms with Gasteiger partial charge in [0.15, 0.2) is 10.3 Å². The zero-order valence-corrected chi connectivity index (χ0v) is 13.4. The third-order valence-electron chi connectivity index (χ3n) is 2.03. The predicted molar refractivity (Wildman–Crippen MR) is 80.4 cm³/mol. The van der Waals surface area contributed by atoms with E-state index in [0.717, 1.165) is 5.57 Å². The molecule has 0 aliphatic heterocycles. The molecule has 0 aliphatic carbocycles. The second-order valence-corrected chi connectivity index (χ2v) is 6.11. The first-order valence-corrected chi connectivity index (χ1v) is 6.69. The fourth-order valence-electron chi connectivity index (χ4n) is 1.37. The monoisotopic (exact) mass is 317 g/mol. The predicted octanol–water partition coefficient (Wildman–Crippen LogP) is 4.10. The Balaban J connectivity index is 3.15. The Morgan fingerprint density at radius 2 is 2.00 bits per heavy atom. The van der Waals surface area contributed by atoms with E-state index in [1.165, 1.54) is 11.0 Å². The maximum atomic E-state index is 12.3. The SMILES string of the molecule is C=C(C)CN(C(=O)OC(C)(C)C)c1cc(Cl)nnc1Cl. The van der Waals surface area contributed by atoms with Gasteiger partial charge in [-0.1, -0.05) is 35.4 Å². The number of hydrogen-bond acceptors (Lipinski definition) is 4. The van der Waals surface area contributed by atoms with E-state index in [9.17, 15) is 4.79 Å². The van der Waals surface area contributed by atoms with Gasteiger partial charge in [-0.05, 0) is 27.7 Å². The molecule has 110 valence electrons. The number of anilines is 1. The van der Waals surface area contributed by atoms with Crippen LogP contribution in [0.5, 0.6) is 0 Å². The van der Waals surface area contributed by atoms with Crippen LogP contribution in [0.2, 0.25) is 10.3 Å². The lowest BCUT2D eigenvalue weighted by molar-refractivity contribution is 0.0583. The number of amides is 1. The van der Waals surface area contributed by atoms with Crippen molar-refractivity contribution in [3.63, 3.8) is 0 Å². The summed E-state index contributed by atoms with van der Waals surface area (Å²) in [6.07, 6.45) is -0.550. The fourth-order valence-corrected chi connectivity index (χ4v) is 1.70. The third kappa shape index (κ3) is 4.98. The first kappa shape index (κ1) is 16.7. The molecule has 0 atom stereocenters. The van der Waals surface area contributed by atoms with Gasteiger partial charge in [0, 0.05) is 12.6 Å². The molecule has 1 aromatic rings. The van der Waals surface area contributed by atoms with Crippen LogP contribution in [-0.2, 0) is 4.74 Å². The van der Waals surface area contributed by atoms with E-state index in [2.05, 4.69) is 16.8 Å². The van der Waals surface area contributed by atoms with Gasteiger partial charge in [-0.25, -0.2) is 4.79 Å². The normalized spacial score (nSPS) is 11.1. The molecular weight excluding hydrogens is 301 g/mol. The van der Waals surface area contributed by atoms with E-state index in [1.807, 2.05) is 0 Å². The van der Waals surface area contributed by atoms with Crippen molar-refractivity contribution in [1.82, 2.24) is 10.2 Å². The number of halogens is 2. The van der Waals surface area contributed by atoms with E-state index in [0.29, 0.717) is 5.69 Å². The zero-order valence-electron chi connectivity index (χ0n) is 11.9. The molecule has 1 rings (SSSR count). The third-order valence-corrected chi connectivity index (χ3v) is 2.49. The van der Waals surface area contributed by atoms with Crippen LogP contribution in [0.4, 0.5) is 10.5 Å². The highest BCUT2D eigenvalue weighted by atomic mass is 35.5. The minimum atomic E-state index is -0.624. The topological polar surface area (TPSA) is 55.3 Å². The van der Waals surface area contributed by atoms with Crippen LogP contribution in [0.1, 0.15) is 27.7 Å². The molecule has 20 heavy (non-hydrogen) atoms. The van der Waals surface area contributed by atoms with E-state index < -0.39 is 11.7 Å². The van der Waals surface area contributed by atoms with Gasteiger partial charge in [0.25, 0.3) is 0 Å². The van der Waals surface area contributed by atoms with Crippen molar-refractivity contribution in [3.8, 4) is 0 Å². The van der Waals surface area contributed by atoms with Crippen LogP contribution in [0.3, 0.4) is 0 Å². The molecular formula is C13H17Cl2N3O2. The molecule has 0 bridgehead atoms. The number of aromatic nitrogens is 2. The van der Waals surface area contributed by atoms with E-state index in [4.69, 9.17) is 27.9 Å². The van der Waals surface area contributed by atoms with Crippen LogP contribution < -0.4 is 4.90 Å². The Bertz CT molecular complexity index is 527. The van der Waals surface area contributed by atoms with Gasteiger partial charge in [0.05, 0.1) is 5.69 Å². The molecule has 0 spiro atoms. The molecule has 0 saturated heterocycles. The van der Waals surface area contributed by atoms with Crippen molar-refractivity contribution in [3.05, 3.63) is 28.5 Å². The minimum Gasteiger partial charge on any atom is -0.443 e. The van der Waals surface area contributed by atoms with Gasteiger partial charge in [0.1, 0.15) is 5.60 Å². The quantitative estimate of drug-likeness (QED) is 0.787. The number of nitrogens with zero attached hydrogens (tertiary/aromatic N) is 3. The van der Waals surface area contributed by atoms with Gasteiger partial charge in [0.2, 0.25) is 0 Å². The summed E-state index contributed by atoms with van der Waals surface area (Å²) >= 11 is 11.8. The van der Waals surface area contributed by atoms with Crippen LogP contribution in [0, 0.1) is 0 Å². The summed E-state index contributed by atoms with van der Waals surface area (Å²) in [7, 11) is 0. The zero-order chi connectivity index (χ0) is 15.5. The highest BCUT2D eigenvalue weighted by Crippen LogP contribution is 2.27. The van der Waals surface area contributed by atoms with Crippen LogP contribution >= 0.6 is 23.2 Å². The van der Waals surface area contributed by atoms with Crippen molar-refractivity contribution in [1.29, 1.82) is 0 Å². The summed E-state index contributed by atoms with van der Waals surface area (Å²) in [4.78, 5) is 13.6. The summed E-state index contributed by atoms with van der Waals surface area (Å²) in [6.45, 7) is 11.2. The lowest BCUT2D eigenvalue weighted by Crippen LogP contribution is -2.38. The fraction of sp³-hybridized carbons (Fsp3) is 0.462. The second kappa shape index (κ2) is 6.41. The molecule has 7 heteroatoms. The largest absolute Gasteiger partial charge is 0.443 e. The van der Waals surface area contributed by atoms with Gasteiger partial charge in [-0.2, -0.15) is 0 Å². The first-order chi connectivity index (χ1) is 9.10. The lowest BCUT2D eigenvalue weighted by atomic mass is 10.2. The average Bonchev–Trinajstić information content (AvgIpc) is 2.27. The Kier molecular flexibility index (Phi) is 5.36. The summed E-state index contributed by atoms with van der Waals surface area (Å²) in [5, 5.41) is 7.52. The lowest BCUT2D eigenvalue weighted by Gasteiger charge is -2.27. The molecule has 0 unspecified atom stereocenters. The maximum absolute atomic E-state index is 12.3. The van der Waals surface area contributed by atoms with Crippen molar-refractivity contribution in [2.24, 2.45) is 0 Å². The Hall–Kier alpha value is -1.33. The second-order valence-electron chi connectivity index (χ2n) is 5.37. The maximum Gasteiger partial charge on any atom is 0.415 e. The smallest absolute Gasteiger partial charge is 0.415 e. The van der Waals surface area contributed by atoms with Gasteiger partial charge < -0.3 is 4.74 Å². The molecule has 0 N–H and O–H groups in total. The molecule has 1 aromatic heterocycles.